The van der Waals surface area contributed by atoms with Gasteiger partial charge in [0.1, 0.15) is 0 Å². The zero-order valence-electron chi connectivity index (χ0n) is 21.4. The van der Waals surface area contributed by atoms with Crippen LogP contribution in [0.2, 0.25) is 0 Å². The maximum absolute atomic E-state index is 2.39. The summed E-state index contributed by atoms with van der Waals surface area (Å²) in [6, 6.07) is 40.7. The molecule has 0 saturated heterocycles. The number of aryl methyl sites for hydroxylation is 4. The Balaban J connectivity index is 1.68. The number of hydrogen-bond acceptors (Lipinski definition) is 0. The Bertz CT molecular complexity index is 1590. The Morgan fingerprint density at radius 1 is 0.333 bits per heavy atom. The van der Waals surface area contributed by atoms with E-state index in [2.05, 4.69) is 137 Å². The lowest BCUT2D eigenvalue weighted by Crippen LogP contribution is -1.90. The van der Waals surface area contributed by atoms with Crippen LogP contribution in [0, 0.1) is 27.7 Å². The zero-order valence-corrected chi connectivity index (χ0v) is 21.4. The molecule has 0 aromatic heterocycles. The van der Waals surface area contributed by atoms with Gasteiger partial charge in [-0.15, -0.1) is 0 Å². The van der Waals surface area contributed by atoms with Crippen LogP contribution < -0.4 is 0 Å². The number of benzene rings is 6. The molecule has 0 N–H and O–H groups in total. The van der Waals surface area contributed by atoms with Gasteiger partial charge in [-0.25, -0.2) is 0 Å². The van der Waals surface area contributed by atoms with Gasteiger partial charge >= 0.3 is 0 Å². The normalized spacial score (nSPS) is 11.3. The molecule has 0 bridgehead atoms. The first-order chi connectivity index (χ1) is 17.4. The summed E-state index contributed by atoms with van der Waals surface area (Å²) in [6.07, 6.45) is 0. The molecule has 6 rings (SSSR count). The van der Waals surface area contributed by atoms with Crippen molar-refractivity contribution in [2.75, 3.05) is 0 Å². The first-order valence-electron chi connectivity index (χ1n) is 12.7. The van der Waals surface area contributed by atoms with Gasteiger partial charge in [-0.3, -0.25) is 0 Å². The molecule has 0 fully saturated rings. The molecular formula is C36H30. The second kappa shape index (κ2) is 8.81. The van der Waals surface area contributed by atoms with Crippen LogP contribution in [0.25, 0.3) is 54.9 Å². The SMILES string of the molecule is Cc1cc(C)cc(-c2cc(-c3cc(-c4cc(C)cc(C)c4)cc4ccccc34)c3ccccc3c2)c1. The van der Waals surface area contributed by atoms with Gasteiger partial charge in [0.15, 0.2) is 0 Å². The second-order valence-corrected chi connectivity index (χ2v) is 10.2. The molecule has 6 aromatic rings. The fraction of sp³-hybridized carbons (Fsp3) is 0.111. The van der Waals surface area contributed by atoms with E-state index in [1.54, 1.807) is 0 Å². The van der Waals surface area contributed by atoms with Crippen molar-refractivity contribution in [2.45, 2.75) is 27.7 Å². The molecule has 0 heterocycles. The van der Waals surface area contributed by atoms with Crippen LogP contribution in [0.5, 0.6) is 0 Å². The van der Waals surface area contributed by atoms with E-state index in [0.717, 1.165) is 0 Å². The fourth-order valence-corrected chi connectivity index (χ4v) is 5.68. The van der Waals surface area contributed by atoms with Crippen molar-refractivity contribution in [1.29, 1.82) is 0 Å². The molecular weight excluding hydrogens is 432 g/mol. The highest BCUT2D eigenvalue weighted by molar-refractivity contribution is 6.08. The van der Waals surface area contributed by atoms with Crippen LogP contribution in [0.1, 0.15) is 22.3 Å². The first-order valence-corrected chi connectivity index (χ1v) is 12.7. The summed E-state index contributed by atoms with van der Waals surface area (Å²) >= 11 is 0. The number of fused-ring (bicyclic) bond motifs is 2. The molecule has 36 heavy (non-hydrogen) atoms. The topological polar surface area (TPSA) is 0 Å². The van der Waals surface area contributed by atoms with Crippen molar-refractivity contribution in [2.24, 2.45) is 0 Å². The van der Waals surface area contributed by atoms with Crippen molar-refractivity contribution in [1.82, 2.24) is 0 Å². The summed E-state index contributed by atoms with van der Waals surface area (Å²) in [7, 11) is 0. The fourth-order valence-electron chi connectivity index (χ4n) is 5.68. The average Bonchev–Trinajstić information content (AvgIpc) is 2.86. The molecule has 0 nitrogen and oxygen atoms in total. The molecule has 0 spiro atoms. The molecule has 0 amide bonds. The Hall–Kier alpha value is -4.16. The van der Waals surface area contributed by atoms with Crippen LogP contribution in [-0.4, -0.2) is 0 Å². The van der Waals surface area contributed by atoms with E-state index in [-0.39, 0.29) is 0 Å². The average molecular weight is 463 g/mol. The van der Waals surface area contributed by atoms with Gasteiger partial charge in [-0.05, 0) is 107 Å². The van der Waals surface area contributed by atoms with Gasteiger partial charge in [0, 0.05) is 0 Å². The summed E-state index contributed by atoms with van der Waals surface area (Å²) in [5, 5.41) is 5.11. The highest BCUT2D eigenvalue weighted by Gasteiger charge is 2.14. The summed E-state index contributed by atoms with van der Waals surface area (Å²) in [5.74, 6) is 0. The van der Waals surface area contributed by atoms with Crippen molar-refractivity contribution < 1.29 is 0 Å². The van der Waals surface area contributed by atoms with Crippen LogP contribution >= 0.6 is 0 Å². The van der Waals surface area contributed by atoms with E-state index in [4.69, 9.17) is 0 Å². The van der Waals surface area contributed by atoms with Crippen molar-refractivity contribution >= 4 is 21.5 Å². The summed E-state index contributed by atoms with van der Waals surface area (Å²) in [5.41, 5.74) is 12.8. The minimum Gasteiger partial charge on any atom is -0.0616 e. The van der Waals surface area contributed by atoms with Crippen LogP contribution in [0.4, 0.5) is 0 Å². The lowest BCUT2D eigenvalue weighted by molar-refractivity contribution is 1.38. The molecule has 6 aromatic carbocycles. The second-order valence-electron chi connectivity index (χ2n) is 10.2. The van der Waals surface area contributed by atoms with E-state index in [1.807, 2.05) is 0 Å². The highest BCUT2D eigenvalue weighted by atomic mass is 14.2. The largest absolute Gasteiger partial charge is 0.0616 e. The highest BCUT2D eigenvalue weighted by Crippen LogP contribution is 2.40. The Morgan fingerprint density at radius 3 is 1.06 bits per heavy atom. The van der Waals surface area contributed by atoms with Crippen LogP contribution in [0.15, 0.2) is 109 Å². The monoisotopic (exact) mass is 462 g/mol. The van der Waals surface area contributed by atoms with E-state index in [0.29, 0.717) is 0 Å². The molecule has 0 radical (unpaired) electrons. The molecule has 0 aliphatic carbocycles. The zero-order chi connectivity index (χ0) is 24.8. The minimum absolute atomic E-state index is 1.26. The molecule has 0 unspecified atom stereocenters. The van der Waals surface area contributed by atoms with Crippen molar-refractivity contribution in [3.63, 3.8) is 0 Å². The molecule has 0 atom stereocenters. The summed E-state index contributed by atoms with van der Waals surface area (Å²) in [4.78, 5) is 0. The third-order valence-electron chi connectivity index (χ3n) is 7.12. The first kappa shape index (κ1) is 22.3. The predicted octanol–water partition coefficient (Wildman–Crippen LogP) is 10.2. The molecule has 174 valence electrons. The Kier molecular flexibility index (Phi) is 5.46. The standard InChI is InChI=1S/C36H30/c1-23-13-24(2)16-29(15-23)31-19-27-9-5-7-11-33(27)35(21-31)36-22-32(20-28-10-6-8-12-34(28)36)30-17-25(3)14-26(4)18-30/h5-22H,1-4H3. The van der Waals surface area contributed by atoms with E-state index < -0.39 is 0 Å². The molecule has 0 saturated carbocycles. The predicted molar refractivity (Wildman–Crippen MR) is 157 cm³/mol. The third-order valence-corrected chi connectivity index (χ3v) is 7.12. The van der Waals surface area contributed by atoms with Gasteiger partial charge in [-0.2, -0.15) is 0 Å². The molecule has 0 aliphatic rings. The number of rotatable bonds is 3. The van der Waals surface area contributed by atoms with Gasteiger partial charge in [-0.1, -0.05) is 107 Å². The lowest BCUT2D eigenvalue weighted by Gasteiger charge is -2.16. The van der Waals surface area contributed by atoms with E-state index in [9.17, 15) is 0 Å². The molecule has 0 heteroatoms. The quantitative estimate of drug-likeness (QED) is 0.245. The van der Waals surface area contributed by atoms with Gasteiger partial charge in [0.05, 0.1) is 0 Å². The van der Waals surface area contributed by atoms with Crippen LogP contribution in [-0.2, 0) is 0 Å². The third kappa shape index (κ3) is 4.10. The summed E-state index contributed by atoms with van der Waals surface area (Å²) in [6.45, 7) is 8.72. The maximum atomic E-state index is 2.39. The smallest absolute Gasteiger partial charge is 0.00928 e. The van der Waals surface area contributed by atoms with Crippen molar-refractivity contribution in [3.05, 3.63) is 131 Å². The summed E-state index contributed by atoms with van der Waals surface area (Å²) < 4.78 is 0. The van der Waals surface area contributed by atoms with Crippen molar-refractivity contribution in [3.8, 4) is 33.4 Å². The Morgan fingerprint density at radius 2 is 0.667 bits per heavy atom. The lowest BCUT2D eigenvalue weighted by atomic mass is 9.88. The van der Waals surface area contributed by atoms with Crippen LogP contribution in [0.3, 0.4) is 0 Å². The van der Waals surface area contributed by atoms with Gasteiger partial charge in [0.2, 0.25) is 0 Å². The Labute approximate surface area is 213 Å². The van der Waals surface area contributed by atoms with Gasteiger partial charge in [0.25, 0.3) is 0 Å². The van der Waals surface area contributed by atoms with E-state index in [1.165, 1.54) is 77.2 Å². The van der Waals surface area contributed by atoms with E-state index >= 15 is 0 Å². The minimum atomic E-state index is 1.26. The van der Waals surface area contributed by atoms with Gasteiger partial charge < -0.3 is 0 Å². The molecule has 0 aliphatic heterocycles. The maximum Gasteiger partial charge on any atom is -0.00928 e. The number of hydrogen-bond donors (Lipinski definition) is 0.